The van der Waals surface area contributed by atoms with Gasteiger partial charge < -0.3 is 5.32 Å². The molecule has 0 aromatic heterocycles. The largest absolute Gasteiger partial charge is 0.307 e. The summed E-state index contributed by atoms with van der Waals surface area (Å²) in [7, 11) is 0. The average Bonchev–Trinajstić information content (AvgIpc) is 2.69. The molecule has 17 heavy (non-hydrogen) atoms. The molecule has 1 aromatic carbocycles. The molecule has 2 rings (SSSR count). The number of unbranched alkanes of at least 4 members (excludes halogenated alkanes) is 1. The van der Waals surface area contributed by atoms with Gasteiger partial charge in [0.15, 0.2) is 0 Å². The predicted molar refractivity (Wildman–Crippen MR) is 77.3 cm³/mol. The van der Waals surface area contributed by atoms with Crippen LogP contribution in [0.1, 0.15) is 56.7 Å². The van der Waals surface area contributed by atoms with Crippen molar-refractivity contribution in [3.05, 3.63) is 33.8 Å². The number of rotatable bonds is 5. The van der Waals surface area contributed by atoms with E-state index in [2.05, 4.69) is 53.3 Å². The molecule has 0 bridgehead atoms. The van der Waals surface area contributed by atoms with Crippen LogP contribution in [0.25, 0.3) is 0 Å². The molecule has 0 spiro atoms. The zero-order chi connectivity index (χ0) is 12.3. The minimum Gasteiger partial charge on any atom is -0.307 e. The Morgan fingerprint density at radius 3 is 3.06 bits per heavy atom. The van der Waals surface area contributed by atoms with Crippen LogP contribution in [0.15, 0.2) is 22.7 Å². The molecule has 0 radical (unpaired) electrons. The fraction of sp³-hybridized carbons (Fsp3) is 0.600. The van der Waals surface area contributed by atoms with Crippen molar-refractivity contribution in [3.63, 3.8) is 0 Å². The summed E-state index contributed by atoms with van der Waals surface area (Å²) < 4.78 is 1.20. The van der Waals surface area contributed by atoms with Crippen LogP contribution in [0.3, 0.4) is 0 Å². The Bertz CT molecular complexity index is 375. The minimum absolute atomic E-state index is 0.574. The van der Waals surface area contributed by atoms with Crippen molar-refractivity contribution in [2.45, 2.75) is 58.0 Å². The minimum atomic E-state index is 0.574. The van der Waals surface area contributed by atoms with Gasteiger partial charge in [0, 0.05) is 16.6 Å². The predicted octanol–water partition coefficient (Wildman–Crippen LogP) is 4.60. The maximum Gasteiger partial charge on any atom is 0.0328 e. The Morgan fingerprint density at radius 1 is 1.47 bits per heavy atom. The maximum absolute atomic E-state index is 3.77. The van der Waals surface area contributed by atoms with E-state index in [0.29, 0.717) is 12.1 Å². The van der Waals surface area contributed by atoms with E-state index >= 15 is 0 Å². The van der Waals surface area contributed by atoms with Crippen molar-refractivity contribution in [2.24, 2.45) is 0 Å². The third kappa shape index (κ3) is 3.32. The molecule has 1 aliphatic rings. The van der Waals surface area contributed by atoms with Gasteiger partial charge in [-0.15, -0.1) is 0 Å². The molecule has 1 N–H and O–H groups in total. The summed E-state index contributed by atoms with van der Waals surface area (Å²) >= 11 is 3.55. The lowest BCUT2D eigenvalue weighted by molar-refractivity contribution is 0.424. The Hall–Kier alpha value is -0.340. The maximum atomic E-state index is 3.77. The van der Waals surface area contributed by atoms with E-state index in [4.69, 9.17) is 0 Å². The Labute approximate surface area is 113 Å². The first kappa shape index (κ1) is 13.1. The number of hydrogen-bond donors (Lipinski definition) is 1. The van der Waals surface area contributed by atoms with Gasteiger partial charge in [-0.2, -0.15) is 0 Å². The van der Waals surface area contributed by atoms with Gasteiger partial charge in [0.25, 0.3) is 0 Å². The Morgan fingerprint density at radius 2 is 2.29 bits per heavy atom. The fourth-order valence-electron chi connectivity index (χ4n) is 2.70. The highest BCUT2D eigenvalue weighted by Crippen LogP contribution is 2.33. The second kappa shape index (κ2) is 6.01. The van der Waals surface area contributed by atoms with E-state index in [-0.39, 0.29) is 0 Å². The second-order valence-corrected chi connectivity index (χ2v) is 6.06. The van der Waals surface area contributed by atoms with Crippen LogP contribution in [-0.4, -0.2) is 6.04 Å². The van der Waals surface area contributed by atoms with Crippen molar-refractivity contribution in [1.29, 1.82) is 0 Å². The van der Waals surface area contributed by atoms with E-state index in [1.54, 1.807) is 0 Å². The lowest BCUT2D eigenvalue weighted by Crippen LogP contribution is -2.29. The summed E-state index contributed by atoms with van der Waals surface area (Å²) in [5, 5.41) is 3.77. The van der Waals surface area contributed by atoms with Gasteiger partial charge in [-0.05, 0) is 49.4 Å². The molecule has 1 nitrogen and oxygen atoms in total. The zero-order valence-electron chi connectivity index (χ0n) is 10.8. The van der Waals surface area contributed by atoms with Crippen LogP contribution in [-0.2, 0) is 6.42 Å². The van der Waals surface area contributed by atoms with Crippen molar-refractivity contribution >= 4 is 15.9 Å². The first-order valence-corrected chi connectivity index (χ1v) is 7.54. The molecule has 0 amide bonds. The summed E-state index contributed by atoms with van der Waals surface area (Å²) in [5.74, 6) is 0. The van der Waals surface area contributed by atoms with Crippen LogP contribution in [0.5, 0.6) is 0 Å². The normalized spacial score (nSPS) is 20.3. The van der Waals surface area contributed by atoms with Gasteiger partial charge in [0.1, 0.15) is 0 Å². The Balaban J connectivity index is 1.97. The van der Waals surface area contributed by atoms with Gasteiger partial charge in [0.2, 0.25) is 0 Å². The van der Waals surface area contributed by atoms with E-state index in [9.17, 15) is 0 Å². The van der Waals surface area contributed by atoms with E-state index in [1.165, 1.54) is 47.7 Å². The first-order valence-electron chi connectivity index (χ1n) is 6.75. The standard InChI is InChI=1S/C15H22BrN/c1-3-4-5-11(2)17-15-9-6-12-10-13(16)7-8-14(12)15/h7-8,10-11,15,17H,3-6,9H2,1-2H3. The Kier molecular flexibility index (Phi) is 4.63. The van der Waals surface area contributed by atoms with Crippen LogP contribution >= 0.6 is 15.9 Å². The molecule has 94 valence electrons. The third-order valence-corrected chi connectivity index (χ3v) is 4.15. The highest BCUT2D eigenvalue weighted by molar-refractivity contribution is 9.10. The number of halogens is 1. The highest BCUT2D eigenvalue weighted by Gasteiger charge is 2.23. The molecule has 1 aliphatic carbocycles. The first-order chi connectivity index (χ1) is 8.20. The summed E-state index contributed by atoms with van der Waals surface area (Å²) in [6, 6.07) is 7.92. The van der Waals surface area contributed by atoms with Crippen LogP contribution in [0.4, 0.5) is 0 Å². The molecule has 0 heterocycles. The summed E-state index contributed by atoms with van der Waals surface area (Å²) in [6.07, 6.45) is 6.38. The van der Waals surface area contributed by atoms with Gasteiger partial charge in [0.05, 0.1) is 0 Å². The SMILES string of the molecule is CCCCC(C)NC1CCc2cc(Br)ccc21. The lowest BCUT2D eigenvalue weighted by Gasteiger charge is -2.20. The monoisotopic (exact) mass is 295 g/mol. The lowest BCUT2D eigenvalue weighted by atomic mass is 10.1. The molecular formula is C15H22BrN. The van der Waals surface area contributed by atoms with Crippen LogP contribution < -0.4 is 5.32 Å². The van der Waals surface area contributed by atoms with Crippen molar-refractivity contribution in [2.75, 3.05) is 0 Å². The summed E-state index contributed by atoms with van der Waals surface area (Å²) in [6.45, 7) is 4.57. The van der Waals surface area contributed by atoms with E-state index < -0.39 is 0 Å². The molecule has 0 aliphatic heterocycles. The van der Waals surface area contributed by atoms with Crippen molar-refractivity contribution in [3.8, 4) is 0 Å². The highest BCUT2D eigenvalue weighted by atomic mass is 79.9. The number of hydrogen-bond acceptors (Lipinski definition) is 1. The smallest absolute Gasteiger partial charge is 0.0328 e. The van der Waals surface area contributed by atoms with Gasteiger partial charge in [-0.3, -0.25) is 0 Å². The molecule has 0 saturated heterocycles. The number of benzene rings is 1. The van der Waals surface area contributed by atoms with E-state index in [1.807, 2.05) is 0 Å². The van der Waals surface area contributed by atoms with Crippen molar-refractivity contribution in [1.82, 2.24) is 5.32 Å². The topological polar surface area (TPSA) is 12.0 Å². The number of nitrogens with one attached hydrogen (secondary N) is 1. The van der Waals surface area contributed by atoms with Crippen LogP contribution in [0, 0.1) is 0 Å². The molecule has 0 saturated carbocycles. The number of fused-ring (bicyclic) bond motifs is 1. The molecular weight excluding hydrogens is 274 g/mol. The quantitative estimate of drug-likeness (QED) is 0.837. The van der Waals surface area contributed by atoms with Gasteiger partial charge >= 0.3 is 0 Å². The average molecular weight is 296 g/mol. The van der Waals surface area contributed by atoms with Gasteiger partial charge in [-0.1, -0.05) is 41.8 Å². The molecule has 2 atom stereocenters. The zero-order valence-corrected chi connectivity index (χ0v) is 12.4. The molecule has 2 unspecified atom stereocenters. The number of aryl methyl sites for hydroxylation is 1. The van der Waals surface area contributed by atoms with Crippen LogP contribution in [0.2, 0.25) is 0 Å². The fourth-order valence-corrected chi connectivity index (χ4v) is 3.10. The second-order valence-electron chi connectivity index (χ2n) is 5.14. The molecule has 1 aromatic rings. The van der Waals surface area contributed by atoms with Gasteiger partial charge in [-0.25, -0.2) is 0 Å². The molecule has 0 fully saturated rings. The van der Waals surface area contributed by atoms with Crippen molar-refractivity contribution < 1.29 is 0 Å². The third-order valence-electron chi connectivity index (χ3n) is 3.66. The summed E-state index contributed by atoms with van der Waals surface area (Å²) in [4.78, 5) is 0. The van der Waals surface area contributed by atoms with E-state index in [0.717, 1.165) is 0 Å². The molecule has 2 heteroatoms. The summed E-state index contributed by atoms with van der Waals surface area (Å²) in [5.41, 5.74) is 3.02.